The summed E-state index contributed by atoms with van der Waals surface area (Å²) in [5.41, 5.74) is -0.494. The van der Waals surface area contributed by atoms with Crippen LogP contribution in [0.15, 0.2) is 17.5 Å². The van der Waals surface area contributed by atoms with Crippen LogP contribution in [0, 0.1) is 24.4 Å². The largest absolute Gasteiger partial charge is 0.287 e. The van der Waals surface area contributed by atoms with Crippen molar-refractivity contribution in [3.05, 3.63) is 51.2 Å². The molecular weight excluding hydrogens is 251 g/mol. The predicted octanol–water partition coefficient (Wildman–Crippen LogP) is 3.10. The molecule has 0 bridgehead atoms. The Morgan fingerprint density at radius 1 is 1.24 bits per heavy atom. The van der Waals surface area contributed by atoms with Gasteiger partial charge >= 0.3 is 0 Å². The number of carbonyl (C=O) groups excluding carboxylic acids is 1. The number of ketones is 1. The van der Waals surface area contributed by atoms with E-state index < -0.39 is 28.8 Å². The van der Waals surface area contributed by atoms with Crippen LogP contribution in [0.2, 0.25) is 0 Å². The molecule has 0 fully saturated rings. The lowest BCUT2D eigenvalue weighted by Crippen LogP contribution is -2.07. The first-order valence-corrected chi connectivity index (χ1v) is 5.49. The van der Waals surface area contributed by atoms with Crippen molar-refractivity contribution in [1.29, 1.82) is 0 Å². The Balaban J connectivity index is 2.48. The lowest BCUT2D eigenvalue weighted by molar-refractivity contribution is 0.103. The summed E-state index contributed by atoms with van der Waals surface area (Å²) in [7, 11) is 0. The molecule has 0 aliphatic carbocycles. The molecule has 2 rings (SSSR count). The molecule has 17 heavy (non-hydrogen) atoms. The van der Waals surface area contributed by atoms with Crippen LogP contribution in [-0.2, 0) is 0 Å². The third-order valence-corrected chi connectivity index (χ3v) is 2.90. The molecule has 1 aromatic carbocycles. The number of benzene rings is 1. The summed E-state index contributed by atoms with van der Waals surface area (Å²) in [5.74, 6) is -5.22. The van der Waals surface area contributed by atoms with Gasteiger partial charge in [-0.15, -0.1) is 11.3 Å². The maximum atomic E-state index is 13.3. The molecule has 2 aromatic rings. The van der Waals surface area contributed by atoms with E-state index in [-0.39, 0.29) is 5.69 Å². The van der Waals surface area contributed by atoms with Gasteiger partial charge < -0.3 is 0 Å². The summed E-state index contributed by atoms with van der Waals surface area (Å²) >= 11 is 1.22. The fourth-order valence-corrected chi connectivity index (χ4v) is 1.90. The second-order valence-corrected chi connectivity index (χ2v) is 4.37. The highest BCUT2D eigenvalue weighted by Crippen LogP contribution is 2.19. The first-order chi connectivity index (χ1) is 8.00. The van der Waals surface area contributed by atoms with Gasteiger partial charge in [0.25, 0.3) is 0 Å². The summed E-state index contributed by atoms with van der Waals surface area (Å²) < 4.78 is 39.0. The number of rotatable bonds is 2. The number of hydrogen-bond acceptors (Lipinski definition) is 3. The zero-order valence-electron chi connectivity index (χ0n) is 8.63. The number of hydrogen-bond donors (Lipinski definition) is 0. The van der Waals surface area contributed by atoms with E-state index in [0.717, 1.165) is 6.07 Å². The predicted molar refractivity (Wildman–Crippen MR) is 56.6 cm³/mol. The zero-order chi connectivity index (χ0) is 12.6. The van der Waals surface area contributed by atoms with Crippen LogP contribution in [0.4, 0.5) is 13.2 Å². The molecule has 0 aliphatic rings. The highest BCUT2D eigenvalue weighted by atomic mass is 32.1. The maximum absolute atomic E-state index is 13.3. The first-order valence-electron chi connectivity index (χ1n) is 4.61. The van der Waals surface area contributed by atoms with Crippen molar-refractivity contribution in [3.63, 3.8) is 0 Å². The third-order valence-electron chi connectivity index (χ3n) is 2.13. The van der Waals surface area contributed by atoms with Gasteiger partial charge in [-0.1, -0.05) is 0 Å². The normalized spacial score (nSPS) is 10.6. The monoisotopic (exact) mass is 257 g/mol. The highest BCUT2D eigenvalue weighted by Gasteiger charge is 2.21. The third kappa shape index (κ3) is 2.08. The fraction of sp³-hybridized carbons (Fsp3) is 0.0909. The Labute approximate surface area is 98.7 Å². The molecule has 0 saturated heterocycles. The standard InChI is InChI=1S/C11H6F3NOS/c1-5-15-8(4-17-5)11(16)6-2-3-7(12)10(14)9(6)13/h2-4H,1H3. The molecule has 1 heterocycles. The van der Waals surface area contributed by atoms with Crippen LogP contribution in [0.3, 0.4) is 0 Å². The Morgan fingerprint density at radius 2 is 1.94 bits per heavy atom. The maximum Gasteiger partial charge on any atom is 0.215 e. The summed E-state index contributed by atoms with van der Waals surface area (Å²) in [6.07, 6.45) is 0. The molecule has 0 aliphatic heterocycles. The van der Waals surface area contributed by atoms with E-state index in [2.05, 4.69) is 4.98 Å². The molecular formula is C11H6F3NOS. The lowest BCUT2D eigenvalue weighted by Gasteiger charge is -2.01. The molecule has 0 unspecified atom stereocenters. The smallest absolute Gasteiger partial charge is 0.215 e. The van der Waals surface area contributed by atoms with Crippen molar-refractivity contribution in [1.82, 2.24) is 4.98 Å². The lowest BCUT2D eigenvalue weighted by atomic mass is 10.1. The summed E-state index contributed by atoms with van der Waals surface area (Å²) in [6, 6.07) is 1.62. The van der Waals surface area contributed by atoms with Crippen LogP contribution in [0.5, 0.6) is 0 Å². The van der Waals surface area contributed by atoms with Gasteiger partial charge in [0, 0.05) is 5.38 Å². The Bertz CT molecular complexity index is 594. The second-order valence-electron chi connectivity index (χ2n) is 3.30. The summed E-state index contributed by atoms with van der Waals surface area (Å²) in [4.78, 5) is 15.6. The van der Waals surface area contributed by atoms with Gasteiger partial charge in [0.2, 0.25) is 5.78 Å². The Morgan fingerprint density at radius 3 is 2.53 bits per heavy atom. The van der Waals surface area contributed by atoms with Crippen LogP contribution in [-0.4, -0.2) is 10.8 Å². The van der Waals surface area contributed by atoms with E-state index in [0.29, 0.717) is 11.1 Å². The van der Waals surface area contributed by atoms with Crippen LogP contribution < -0.4 is 0 Å². The summed E-state index contributed by atoms with van der Waals surface area (Å²) in [6.45, 7) is 1.68. The van der Waals surface area contributed by atoms with Crippen molar-refractivity contribution in [2.75, 3.05) is 0 Å². The van der Waals surface area contributed by atoms with Crippen LogP contribution in [0.1, 0.15) is 21.1 Å². The zero-order valence-corrected chi connectivity index (χ0v) is 9.45. The minimum atomic E-state index is -1.65. The van der Waals surface area contributed by atoms with E-state index in [1.807, 2.05) is 0 Å². The molecule has 1 aromatic heterocycles. The SMILES string of the molecule is Cc1nc(C(=O)c2ccc(F)c(F)c2F)cs1. The molecule has 6 heteroatoms. The van der Waals surface area contributed by atoms with Gasteiger partial charge in [0.1, 0.15) is 5.69 Å². The minimum absolute atomic E-state index is 0.0254. The van der Waals surface area contributed by atoms with Gasteiger partial charge in [-0.05, 0) is 19.1 Å². The van der Waals surface area contributed by atoms with Crippen molar-refractivity contribution in [3.8, 4) is 0 Å². The molecule has 0 amide bonds. The number of carbonyl (C=O) groups is 1. The van der Waals surface area contributed by atoms with Gasteiger partial charge in [0.05, 0.1) is 10.6 Å². The molecule has 0 radical (unpaired) electrons. The van der Waals surface area contributed by atoms with Gasteiger partial charge in [0.15, 0.2) is 17.5 Å². The summed E-state index contributed by atoms with van der Waals surface area (Å²) in [5, 5.41) is 2.08. The van der Waals surface area contributed by atoms with E-state index in [9.17, 15) is 18.0 Å². The van der Waals surface area contributed by atoms with Crippen LogP contribution >= 0.6 is 11.3 Å². The van der Waals surface area contributed by atoms with Gasteiger partial charge in [-0.2, -0.15) is 0 Å². The van der Waals surface area contributed by atoms with E-state index in [1.54, 1.807) is 6.92 Å². The topological polar surface area (TPSA) is 30.0 Å². The van der Waals surface area contributed by atoms with Crippen molar-refractivity contribution in [2.24, 2.45) is 0 Å². The average Bonchev–Trinajstić information content (AvgIpc) is 2.72. The number of halogens is 3. The fourth-order valence-electron chi connectivity index (χ4n) is 1.31. The molecule has 0 N–H and O–H groups in total. The van der Waals surface area contributed by atoms with Gasteiger partial charge in [-0.25, -0.2) is 18.2 Å². The molecule has 0 atom stereocenters. The molecule has 88 valence electrons. The average molecular weight is 257 g/mol. The quantitative estimate of drug-likeness (QED) is 0.611. The Hall–Kier alpha value is -1.69. The van der Waals surface area contributed by atoms with E-state index >= 15 is 0 Å². The first kappa shape index (κ1) is 11.8. The highest BCUT2D eigenvalue weighted by molar-refractivity contribution is 7.09. The van der Waals surface area contributed by atoms with Crippen molar-refractivity contribution in [2.45, 2.75) is 6.92 Å². The second kappa shape index (κ2) is 4.29. The molecule has 0 saturated carbocycles. The molecule has 0 spiro atoms. The van der Waals surface area contributed by atoms with Gasteiger partial charge in [-0.3, -0.25) is 4.79 Å². The number of aromatic nitrogens is 1. The van der Waals surface area contributed by atoms with E-state index in [4.69, 9.17) is 0 Å². The molecule has 2 nitrogen and oxygen atoms in total. The van der Waals surface area contributed by atoms with Crippen molar-refractivity contribution < 1.29 is 18.0 Å². The number of thiazole rings is 1. The minimum Gasteiger partial charge on any atom is -0.287 e. The van der Waals surface area contributed by atoms with Crippen LogP contribution in [0.25, 0.3) is 0 Å². The van der Waals surface area contributed by atoms with Crippen molar-refractivity contribution >= 4 is 17.1 Å². The number of nitrogens with zero attached hydrogens (tertiary/aromatic N) is 1. The van der Waals surface area contributed by atoms with E-state index in [1.165, 1.54) is 16.7 Å². The number of aryl methyl sites for hydroxylation is 1. The Kier molecular flexibility index (Phi) is 2.97.